The first kappa shape index (κ1) is 43.3. The first-order chi connectivity index (χ1) is 26.7. The highest BCUT2D eigenvalue weighted by atomic mass is 16.7. The Morgan fingerprint density at radius 1 is 0.772 bits per heavy atom. The average molecular weight is 811 g/mol. The molecule has 7 aliphatic rings. The van der Waals surface area contributed by atoms with Crippen molar-refractivity contribution < 1.29 is 74.5 Å². The van der Waals surface area contributed by atoms with Gasteiger partial charge in [0, 0.05) is 5.41 Å². The average Bonchev–Trinajstić information content (AvgIpc) is 3.17. The second-order valence-corrected chi connectivity index (χ2v) is 20.0. The molecule has 0 spiro atoms. The lowest BCUT2D eigenvalue weighted by Crippen LogP contribution is -2.67. The molecule has 57 heavy (non-hydrogen) atoms. The van der Waals surface area contributed by atoms with Gasteiger partial charge in [-0.25, -0.2) is 4.79 Å². The molecule has 0 amide bonds. The molecule has 2 saturated heterocycles. The lowest BCUT2D eigenvalue weighted by molar-refractivity contribution is -0.327. The predicted molar refractivity (Wildman–Crippen MR) is 199 cm³/mol. The van der Waals surface area contributed by atoms with Crippen molar-refractivity contribution in [2.75, 3.05) is 13.2 Å². The number of carboxylic acids is 1. The standard InChI is InChI=1S/C42H66O15/c1-19-9-14-42(37(53)57-35-31(49)28(46)27(45)22(17-43)54-35)16-15-40(5)21(26(42)20(19)2)7-8-24-38(3)12-11-25(39(4,18-44)23(38)10-13-41(24,40)6)55-36-32(50)29(47)30(48)33(56-36)34(51)52/h7,19-20,22-33,35-36,43-50H,8-18H2,1-6H3,(H,51,52)/t19-,20+,22-,23-,24-,25+,26+,27-,28+,29-,30-,31-,32+,33-,35+,36+,38+,39+,40-,41-,42+/m1/s1. The molecule has 7 rings (SSSR count). The Kier molecular flexibility index (Phi) is 11.4. The molecule has 5 aliphatic carbocycles. The van der Waals surface area contributed by atoms with Crippen molar-refractivity contribution in [1.82, 2.24) is 0 Å². The number of carbonyl (C=O) groups excluding carboxylic acids is 1. The smallest absolute Gasteiger partial charge is 0.335 e. The zero-order valence-electron chi connectivity index (χ0n) is 34.1. The number of carboxylic acid groups (broad SMARTS) is 1. The topological polar surface area (TPSA) is 253 Å². The second kappa shape index (κ2) is 15.0. The number of allylic oxidation sites excluding steroid dienone is 2. The highest BCUT2D eigenvalue weighted by Gasteiger charge is 2.71. The Morgan fingerprint density at radius 3 is 2.09 bits per heavy atom. The number of carbonyl (C=O) groups is 2. The van der Waals surface area contributed by atoms with Gasteiger partial charge in [-0.2, -0.15) is 0 Å². The second-order valence-electron chi connectivity index (χ2n) is 20.0. The summed E-state index contributed by atoms with van der Waals surface area (Å²) in [5.74, 6) is -1.52. The van der Waals surface area contributed by atoms with Gasteiger partial charge in [0.1, 0.15) is 42.7 Å². The van der Waals surface area contributed by atoms with Gasteiger partial charge in [-0.05, 0) is 104 Å². The number of aliphatic carboxylic acids is 1. The van der Waals surface area contributed by atoms with Gasteiger partial charge in [0.05, 0.1) is 24.7 Å². The first-order valence-electron chi connectivity index (χ1n) is 21.1. The molecule has 0 aromatic carbocycles. The van der Waals surface area contributed by atoms with Crippen LogP contribution < -0.4 is 0 Å². The van der Waals surface area contributed by atoms with Gasteiger partial charge < -0.3 is 64.9 Å². The van der Waals surface area contributed by atoms with E-state index in [1.165, 1.54) is 5.57 Å². The number of esters is 1. The highest BCUT2D eigenvalue weighted by Crippen LogP contribution is 2.76. The third-order valence-corrected chi connectivity index (χ3v) is 17.7. The van der Waals surface area contributed by atoms with Crippen molar-refractivity contribution in [2.45, 2.75) is 167 Å². The first-order valence-corrected chi connectivity index (χ1v) is 21.1. The van der Waals surface area contributed by atoms with E-state index in [2.05, 4.69) is 40.7 Å². The van der Waals surface area contributed by atoms with Crippen LogP contribution in [0, 0.1) is 56.7 Å². The van der Waals surface area contributed by atoms with Crippen LogP contribution in [0.1, 0.15) is 99.3 Å². The van der Waals surface area contributed by atoms with Crippen molar-refractivity contribution in [2.24, 2.45) is 56.7 Å². The van der Waals surface area contributed by atoms with Gasteiger partial charge in [-0.3, -0.25) is 4.79 Å². The lowest BCUT2D eigenvalue weighted by atomic mass is 9.33. The van der Waals surface area contributed by atoms with Gasteiger partial charge in [-0.1, -0.05) is 53.2 Å². The number of aliphatic hydroxyl groups excluding tert-OH is 8. The summed E-state index contributed by atoms with van der Waals surface area (Å²) in [7, 11) is 0. The molecule has 324 valence electrons. The molecule has 21 atom stereocenters. The van der Waals surface area contributed by atoms with Crippen molar-refractivity contribution in [3.63, 3.8) is 0 Å². The molecule has 2 aliphatic heterocycles. The Labute approximate surface area is 334 Å². The van der Waals surface area contributed by atoms with Crippen molar-refractivity contribution in [3.8, 4) is 0 Å². The van der Waals surface area contributed by atoms with Gasteiger partial charge in [0.25, 0.3) is 0 Å². The van der Waals surface area contributed by atoms with Crippen LogP contribution in [-0.4, -0.2) is 139 Å². The molecule has 0 aromatic heterocycles. The minimum atomic E-state index is -1.84. The summed E-state index contributed by atoms with van der Waals surface area (Å²) in [6, 6.07) is 0. The number of aliphatic hydroxyl groups is 8. The summed E-state index contributed by atoms with van der Waals surface area (Å²) in [6.07, 6.45) is -8.34. The van der Waals surface area contributed by atoms with E-state index in [1.807, 2.05) is 6.92 Å². The normalized spacial score (nSPS) is 54.9. The summed E-state index contributed by atoms with van der Waals surface area (Å²) in [5.41, 5.74) is -1.21. The van der Waals surface area contributed by atoms with E-state index in [4.69, 9.17) is 18.9 Å². The molecule has 2 heterocycles. The molecule has 0 aromatic rings. The summed E-state index contributed by atoms with van der Waals surface area (Å²) in [6.45, 7) is 12.6. The van der Waals surface area contributed by atoms with Crippen LogP contribution in [0.15, 0.2) is 11.6 Å². The Balaban J connectivity index is 1.17. The third-order valence-electron chi connectivity index (χ3n) is 17.7. The highest BCUT2D eigenvalue weighted by molar-refractivity contribution is 5.79. The molecule has 15 heteroatoms. The molecule has 0 bridgehead atoms. The van der Waals surface area contributed by atoms with Crippen LogP contribution in [0.5, 0.6) is 0 Å². The van der Waals surface area contributed by atoms with E-state index >= 15 is 0 Å². The van der Waals surface area contributed by atoms with Crippen LogP contribution in [0.3, 0.4) is 0 Å². The zero-order valence-corrected chi connectivity index (χ0v) is 34.1. The fourth-order valence-corrected chi connectivity index (χ4v) is 13.8. The van der Waals surface area contributed by atoms with Gasteiger partial charge in [0.2, 0.25) is 6.29 Å². The van der Waals surface area contributed by atoms with Gasteiger partial charge >= 0.3 is 11.9 Å². The maximum absolute atomic E-state index is 14.6. The zero-order chi connectivity index (χ0) is 41.8. The van der Waals surface area contributed by atoms with E-state index in [1.54, 1.807) is 0 Å². The molecular weight excluding hydrogens is 744 g/mol. The minimum absolute atomic E-state index is 0.0262. The monoisotopic (exact) mass is 810 g/mol. The number of fused-ring (bicyclic) bond motifs is 7. The van der Waals surface area contributed by atoms with E-state index in [0.717, 1.165) is 32.1 Å². The lowest BCUT2D eigenvalue weighted by Gasteiger charge is -2.71. The van der Waals surface area contributed by atoms with Crippen molar-refractivity contribution in [1.29, 1.82) is 0 Å². The van der Waals surface area contributed by atoms with Crippen molar-refractivity contribution in [3.05, 3.63) is 11.6 Å². The summed E-state index contributed by atoms with van der Waals surface area (Å²) in [4.78, 5) is 26.4. The molecule has 6 fully saturated rings. The largest absolute Gasteiger partial charge is 0.479 e. The van der Waals surface area contributed by atoms with Gasteiger partial charge in [0.15, 0.2) is 12.4 Å². The van der Waals surface area contributed by atoms with Crippen LogP contribution in [-0.2, 0) is 28.5 Å². The van der Waals surface area contributed by atoms with E-state index in [-0.39, 0.29) is 46.5 Å². The number of ether oxygens (including phenoxy) is 4. The molecule has 9 N–H and O–H groups in total. The van der Waals surface area contributed by atoms with Crippen LogP contribution in [0.2, 0.25) is 0 Å². The van der Waals surface area contributed by atoms with Gasteiger partial charge in [-0.15, -0.1) is 0 Å². The maximum Gasteiger partial charge on any atom is 0.335 e. The Morgan fingerprint density at radius 2 is 1.44 bits per heavy atom. The summed E-state index contributed by atoms with van der Waals surface area (Å²) in [5, 5.41) is 93.7. The number of hydrogen-bond acceptors (Lipinski definition) is 14. The summed E-state index contributed by atoms with van der Waals surface area (Å²) >= 11 is 0. The Bertz CT molecular complexity index is 1570. The fourth-order valence-electron chi connectivity index (χ4n) is 13.8. The molecule has 0 unspecified atom stereocenters. The van der Waals surface area contributed by atoms with Crippen LogP contribution >= 0.6 is 0 Å². The Hall–Kier alpha value is -1.76. The molecule has 4 saturated carbocycles. The van der Waals surface area contributed by atoms with E-state index < -0.39 is 96.9 Å². The number of hydrogen-bond donors (Lipinski definition) is 9. The number of rotatable bonds is 7. The van der Waals surface area contributed by atoms with Crippen molar-refractivity contribution >= 4 is 11.9 Å². The molecule has 15 nitrogen and oxygen atoms in total. The molecule has 0 radical (unpaired) electrons. The quantitative estimate of drug-likeness (QED) is 0.0997. The third kappa shape index (κ3) is 6.22. The fraction of sp³-hybridized carbons (Fsp3) is 0.905. The van der Waals surface area contributed by atoms with E-state index in [9.17, 15) is 55.5 Å². The van der Waals surface area contributed by atoms with Crippen LogP contribution in [0.4, 0.5) is 0 Å². The maximum atomic E-state index is 14.6. The summed E-state index contributed by atoms with van der Waals surface area (Å²) < 4.78 is 23.4. The molecular formula is C42H66O15. The van der Waals surface area contributed by atoms with E-state index in [0.29, 0.717) is 31.6 Å². The predicted octanol–water partition coefficient (Wildman–Crippen LogP) is 1.24. The van der Waals surface area contributed by atoms with Crippen LogP contribution in [0.25, 0.3) is 0 Å². The minimum Gasteiger partial charge on any atom is -0.479 e. The SMILES string of the molecule is C[C@H]1[C@H](C)CC[C@]2(C(=O)O[C@@H]3O[C@H](CO)[C@@H](O)[C@H](O)[C@H]3O)CC[C@]3(C)C(=CC[C@@H]4[C@@]5(C)CC[C@H](O[C@H]6O[C@@H](C(=O)O)[C@H](O)[C@@H](O)[C@@H]6O)[C@@](C)(CO)[C@@H]5CC[C@]43C)[C@H]12.